The monoisotopic (exact) mass is 309 g/mol. The summed E-state index contributed by atoms with van der Waals surface area (Å²) in [6.45, 7) is 0. The molecule has 1 fully saturated rings. The SMILES string of the molecule is CN1/C(=C/C=O)C2(CCCCC2)c2cc(Cl)cc(Cl)c21. The molecule has 0 unspecified atom stereocenters. The summed E-state index contributed by atoms with van der Waals surface area (Å²) >= 11 is 12.6. The van der Waals surface area contributed by atoms with Gasteiger partial charge in [0.25, 0.3) is 0 Å². The highest BCUT2D eigenvalue weighted by molar-refractivity contribution is 6.37. The zero-order valence-electron chi connectivity index (χ0n) is 11.5. The Hall–Kier alpha value is -0.990. The number of rotatable bonds is 1. The first-order valence-electron chi connectivity index (χ1n) is 6.99. The summed E-state index contributed by atoms with van der Waals surface area (Å²) in [4.78, 5) is 13.1. The summed E-state index contributed by atoms with van der Waals surface area (Å²) in [5.41, 5.74) is 3.17. The van der Waals surface area contributed by atoms with Crippen molar-refractivity contribution in [1.82, 2.24) is 0 Å². The average molecular weight is 310 g/mol. The second-order valence-electron chi connectivity index (χ2n) is 5.67. The molecule has 1 spiro atoms. The topological polar surface area (TPSA) is 20.3 Å². The number of hydrogen-bond donors (Lipinski definition) is 0. The first-order chi connectivity index (χ1) is 9.60. The first-order valence-corrected chi connectivity index (χ1v) is 7.75. The molecule has 0 saturated heterocycles. The average Bonchev–Trinajstić information content (AvgIpc) is 2.63. The van der Waals surface area contributed by atoms with Gasteiger partial charge in [-0.1, -0.05) is 42.5 Å². The Labute approximate surface area is 129 Å². The van der Waals surface area contributed by atoms with Crippen molar-refractivity contribution in [3.63, 3.8) is 0 Å². The van der Waals surface area contributed by atoms with Crippen LogP contribution in [0.1, 0.15) is 37.7 Å². The molecule has 1 aliphatic heterocycles. The lowest BCUT2D eigenvalue weighted by Crippen LogP contribution is -2.32. The van der Waals surface area contributed by atoms with Crippen molar-refractivity contribution in [2.24, 2.45) is 0 Å². The number of likely N-dealkylation sites (N-methyl/N-ethyl adjacent to an activating group) is 1. The molecule has 0 aromatic heterocycles. The molecule has 0 atom stereocenters. The van der Waals surface area contributed by atoms with E-state index in [4.69, 9.17) is 23.2 Å². The molecule has 20 heavy (non-hydrogen) atoms. The minimum atomic E-state index is -0.0855. The van der Waals surface area contributed by atoms with Crippen LogP contribution in [0.2, 0.25) is 10.0 Å². The summed E-state index contributed by atoms with van der Waals surface area (Å²) in [5.74, 6) is 0. The number of nitrogens with zero attached hydrogens (tertiary/aromatic N) is 1. The van der Waals surface area contributed by atoms with E-state index < -0.39 is 0 Å². The molecule has 106 valence electrons. The van der Waals surface area contributed by atoms with Crippen molar-refractivity contribution in [2.75, 3.05) is 11.9 Å². The highest BCUT2D eigenvalue weighted by Crippen LogP contribution is 2.57. The quantitative estimate of drug-likeness (QED) is 0.552. The third-order valence-electron chi connectivity index (χ3n) is 4.66. The van der Waals surface area contributed by atoms with Crippen LogP contribution in [-0.4, -0.2) is 13.3 Å². The Morgan fingerprint density at radius 1 is 1.20 bits per heavy atom. The van der Waals surface area contributed by atoms with Crippen molar-refractivity contribution in [2.45, 2.75) is 37.5 Å². The van der Waals surface area contributed by atoms with E-state index in [2.05, 4.69) is 4.90 Å². The molecule has 1 aliphatic carbocycles. The van der Waals surface area contributed by atoms with Gasteiger partial charge < -0.3 is 4.90 Å². The zero-order valence-corrected chi connectivity index (χ0v) is 13.0. The largest absolute Gasteiger partial charge is 0.346 e. The van der Waals surface area contributed by atoms with Gasteiger partial charge in [0.15, 0.2) is 0 Å². The van der Waals surface area contributed by atoms with Crippen LogP contribution in [0.5, 0.6) is 0 Å². The molecule has 0 bridgehead atoms. The molecule has 0 N–H and O–H groups in total. The summed E-state index contributed by atoms with van der Waals surface area (Å²) < 4.78 is 0. The lowest BCUT2D eigenvalue weighted by molar-refractivity contribution is -0.104. The number of aldehydes is 1. The molecule has 0 radical (unpaired) electrons. The van der Waals surface area contributed by atoms with E-state index in [-0.39, 0.29) is 5.41 Å². The van der Waals surface area contributed by atoms with Crippen molar-refractivity contribution >= 4 is 35.2 Å². The number of fused-ring (bicyclic) bond motifs is 2. The van der Waals surface area contributed by atoms with E-state index in [1.54, 1.807) is 12.1 Å². The van der Waals surface area contributed by atoms with Crippen LogP contribution in [-0.2, 0) is 10.2 Å². The van der Waals surface area contributed by atoms with Crippen LogP contribution >= 0.6 is 23.2 Å². The van der Waals surface area contributed by atoms with E-state index in [0.717, 1.165) is 30.5 Å². The highest BCUT2D eigenvalue weighted by Gasteiger charge is 2.47. The summed E-state index contributed by atoms with van der Waals surface area (Å²) in [6.07, 6.45) is 8.28. The van der Waals surface area contributed by atoms with Gasteiger partial charge in [0.1, 0.15) is 6.29 Å². The van der Waals surface area contributed by atoms with Gasteiger partial charge in [-0.3, -0.25) is 4.79 Å². The molecular weight excluding hydrogens is 293 g/mol. The third-order valence-corrected chi connectivity index (χ3v) is 5.17. The molecule has 1 saturated carbocycles. The summed E-state index contributed by atoms with van der Waals surface area (Å²) in [7, 11) is 1.98. The van der Waals surface area contributed by atoms with Gasteiger partial charge in [-0.2, -0.15) is 0 Å². The summed E-state index contributed by atoms with van der Waals surface area (Å²) in [5, 5.41) is 1.33. The number of allylic oxidation sites excluding steroid dienone is 2. The zero-order chi connectivity index (χ0) is 14.3. The van der Waals surface area contributed by atoms with Crippen LogP contribution in [0.4, 0.5) is 5.69 Å². The maximum atomic E-state index is 11.1. The molecule has 1 aromatic carbocycles. The van der Waals surface area contributed by atoms with E-state index >= 15 is 0 Å². The maximum absolute atomic E-state index is 11.1. The molecule has 4 heteroatoms. The van der Waals surface area contributed by atoms with Gasteiger partial charge in [-0.25, -0.2) is 0 Å². The third kappa shape index (κ3) is 1.89. The Morgan fingerprint density at radius 2 is 1.90 bits per heavy atom. The lowest BCUT2D eigenvalue weighted by atomic mass is 9.68. The smallest absolute Gasteiger partial charge is 0.144 e. The van der Waals surface area contributed by atoms with Crippen LogP contribution in [0.15, 0.2) is 23.9 Å². The first kappa shape index (κ1) is 14.0. The second-order valence-corrected chi connectivity index (χ2v) is 6.52. The van der Waals surface area contributed by atoms with E-state index in [1.807, 2.05) is 13.1 Å². The van der Waals surface area contributed by atoms with Gasteiger partial charge >= 0.3 is 0 Å². The highest BCUT2D eigenvalue weighted by atomic mass is 35.5. The number of carbonyl (C=O) groups is 1. The van der Waals surface area contributed by atoms with Crippen molar-refractivity contribution in [3.05, 3.63) is 39.5 Å². The van der Waals surface area contributed by atoms with Crippen molar-refractivity contribution < 1.29 is 4.79 Å². The Bertz CT molecular complexity index is 588. The molecule has 2 aliphatic rings. The van der Waals surface area contributed by atoms with Crippen molar-refractivity contribution in [1.29, 1.82) is 0 Å². The number of halogens is 2. The minimum Gasteiger partial charge on any atom is -0.346 e. The number of anilines is 1. The predicted octanol–water partition coefficient (Wildman–Crippen LogP) is 4.73. The van der Waals surface area contributed by atoms with E-state index in [9.17, 15) is 4.79 Å². The maximum Gasteiger partial charge on any atom is 0.144 e. The summed E-state index contributed by atoms with van der Waals surface area (Å²) in [6, 6.07) is 3.80. The van der Waals surface area contributed by atoms with Crippen LogP contribution in [0, 0.1) is 0 Å². The van der Waals surface area contributed by atoms with Gasteiger partial charge in [0.05, 0.1) is 10.7 Å². The molecule has 1 heterocycles. The van der Waals surface area contributed by atoms with Crippen LogP contribution in [0.3, 0.4) is 0 Å². The molecule has 1 aromatic rings. The van der Waals surface area contributed by atoms with Gasteiger partial charge in [-0.05, 0) is 36.6 Å². The van der Waals surface area contributed by atoms with Crippen LogP contribution in [0.25, 0.3) is 0 Å². The fraction of sp³-hybridized carbons (Fsp3) is 0.438. The van der Waals surface area contributed by atoms with Crippen molar-refractivity contribution in [3.8, 4) is 0 Å². The number of hydrogen-bond acceptors (Lipinski definition) is 2. The predicted molar refractivity (Wildman–Crippen MR) is 83.8 cm³/mol. The minimum absolute atomic E-state index is 0.0855. The second kappa shape index (κ2) is 5.09. The molecule has 3 rings (SSSR count). The Kier molecular flexibility index (Phi) is 3.55. The molecule has 0 amide bonds. The van der Waals surface area contributed by atoms with Crippen LogP contribution < -0.4 is 4.90 Å². The molecular formula is C16H17Cl2NO. The normalized spacial score (nSPS) is 22.4. The Morgan fingerprint density at radius 3 is 2.55 bits per heavy atom. The van der Waals surface area contributed by atoms with Gasteiger partial charge in [-0.15, -0.1) is 0 Å². The number of benzene rings is 1. The fourth-order valence-electron chi connectivity index (χ4n) is 3.87. The van der Waals surface area contributed by atoms with Gasteiger partial charge in [0.2, 0.25) is 0 Å². The Balaban J connectivity index is 2.26. The fourth-order valence-corrected chi connectivity index (χ4v) is 4.49. The van der Waals surface area contributed by atoms with E-state index in [0.29, 0.717) is 10.0 Å². The van der Waals surface area contributed by atoms with Gasteiger partial charge in [0, 0.05) is 23.2 Å². The molecule has 2 nitrogen and oxygen atoms in total. The number of carbonyl (C=O) groups excluding carboxylic acids is 1. The lowest BCUT2D eigenvalue weighted by Gasteiger charge is -2.36. The standard InChI is InChI=1S/C16H17Cl2NO/c1-19-14(5-8-20)16(6-3-2-4-7-16)12-9-11(17)10-13(18)15(12)19/h5,8-10H,2-4,6-7H2,1H3/b14-5+. The van der Waals surface area contributed by atoms with E-state index in [1.165, 1.54) is 24.8 Å².